The predicted molar refractivity (Wildman–Crippen MR) is 91.3 cm³/mol. The summed E-state index contributed by atoms with van der Waals surface area (Å²) in [4.78, 5) is 13.3. The van der Waals surface area contributed by atoms with Crippen molar-refractivity contribution < 1.29 is 0 Å². The van der Waals surface area contributed by atoms with E-state index in [1.807, 2.05) is 6.07 Å². The first-order chi connectivity index (χ1) is 11.8. The molecule has 3 aromatic rings. The molecule has 0 amide bonds. The van der Waals surface area contributed by atoms with Gasteiger partial charge in [0.2, 0.25) is 0 Å². The highest BCUT2D eigenvalue weighted by Gasteiger charge is 2.34. The fourth-order valence-electron chi connectivity index (χ4n) is 3.57. The van der Waals surface area contributed by atoms with Crippen LogP contribution in [-0.4, -0.2) is 31.3 Å². The van der Waals surface area contributed by atoms with E-state index in [9.17, 15) is 0 Å². The summed E-state index contributed by atoms with van der Waals surface area (Å²) in [6.07, 6.45) is 12.1. The molecular formula is C18H20N6. The molecule has 0 bridgehead atoms. The molecule has 0 radical (unpaired) electrons. The van der Waals surface area contributed by atoms with Crippen LogP contribution < -0.4 is 5.73 Å². The van der Waals surface area contributed by atoms with E-state index < -0.39 is 0 Å². The second-order valence-corrected chi connectivity index (χ2v) is 7.02. The smallest absolute Gasteiger partial charge is 0.107 e. The second-order valence-electron chi connectivity index (χ2n) is 7.02. The average molecular weight is 320 g/mol. The molecule has 0 atom stereocenters. The number of fused-ring (bicyclic) bond motifs is 1. The summed E-state index contributed by atoms with van der Waals surface area (Å²) in [7, 11) is 0. The van der Waals surface area contributed by atoms with Gasteiger partial charge in [-0.3, -0.25) is 19.6 Å². The maximum atomic E-state index is 5.76. The van der Waals surface area contributed by atoms with Crippen molar-refractivity contribution in [3.05, 3.63) is 36.5 Å². The van der Waals surface area contributed by atoms with Crippen LogP contribution in [0.5, 0.6) is 0 Å². The van der Waals surface area contributed by atoms with Gasteiger partial charge < -0.3 is 5.73 Å². The SMILES string of the molecule is NCC1CC(n2cc(-c3cc4nccnc4cn3)c(C3CC3)n2)C1. The molecule has 0 saturated heterocycles. The Morgan fingerprint density at radius 2 is 1.88 bits per heavy atom. The molecule has 2 aliphatic rings. The quantitative estimate of drug-likeness (QED) is 0.799. The van der Waals surface area contributed by atoms with Gasteiger partial charge in [-0.2, -0.15) is 5.10 Å². The van der Waals surface area contributed by atoms with E-state index in [1.165, 1.54) is 18.5 Å². The van der Waals surface area contributed by atoms with E-state index >= 15 is 0 Å². The first-order valence-electron chi connectivity index (χ1n) is 8.68. The molecule has 0 aromatic carbocycles. The summed E-state index contributed by atoms with van der Waals surface area (Å²) in [6.45, 7) is 0.783. The molecule has 2 aliphatic carbocycles. The van der Waals surface area contributed by atoms with Gasteiger partial charge in [0.1, 0.15) is 5.52 Å². The molecular weight excluding hydrogens is 300 g/mol. The van der Waals surface area contributed by atoms with E-state index in [4.69, 9.17) is 10.8 Å². The zero-order valence-electron chi connectivity index (χ0n) is 13.5. The van der Waals surface area contributed by atoms with E-state index in [2.05, 4.69) is 25.8 Å². The van der Waals surface area contributed by atoms with Crippen LogP contribution in [0.1, 0.15) is 43.3 Å². The highest BCUT2D eigenvalue weighted by molar-refractivity contribution is 5.78. The zero-order chi connectivity index (χ0) is 16.1. The van der Waals surface area contributed by atoms with E-state index in [0.717, 1.165) is 41.7 Å². The van der Waals surface area contributed by atoms with Gasteiger partial charge in [0, 0.05) is 30.1 Å². The van der Waals surface area contributed by atoms with Gasteiger partial charge in [-0.25, -0.2) is 0 Å². The summed E-state index contributed by atoms with van der Waals surface area (Å²) in [5.74, 6) is 1.24. The minimum atomic E-state index is 0.491. The average Bonchev–Trinajstić information content (AvgIpc) is 3.33. The van der Waals surface area contributed by atoms with Crippen molar-refractivity contribution in [1.29, 1.82) is 0 Å². The standard InChI is InChI=1S/C18H20N6/c19-8-11-5-13(6-11)24-10-14(18(23-24)12-1-2-12)15-7-16-17(9-22-15)21-4-3-20-16/h3-4,7,9-13H,1-2,5-6,8,19H2. The molecule has 6 nitrogen and oxygen atoms in total. The highest BCUT2D eigenvalue weighted by Crippen LogP contribution is 2.45. The topological polar surface area (TPSA) is 82.5 Å². The van der Waals surface area contributed by atoms with Crippen LogP contribution in [0.2, 0.25) is 0 Å². The van der Waals surface area contributed by atoms with Crippen LogP contribution in [0, 0.1) is 5.92 Å². The third-order valence-electron chi connectivity index (χ3n) is 5.27. The van der Waals surface area contributed by atoms with Gasteiger partial charge in [-0.15, -0.1) is 0 Å². The number of nitrogens with two attached hydrogens (primary N) is 1. The van der Waals surface area contributed by atoms with Crippen molar-refractivity contribution in [2.24, 2.45) is 11.7 Å². The number of pyridine rings is 1. The Hall–Kier alpha value is -2.34. The lowest BCUT2D eigenvalue weighted by Gasteiger charge is -2.34. The first-order valence-corrected chi connectivity index (χ1v) is 8.68. The summed E-state index contributed by atoms with van der Waals surface area (Å²) in [6, 6.07) is 2.52. The summed E-state index contributed by atoms with van der Waals surface area (Å²) in [5, 5.41) is 4.92. The maximum Gasteiger partial charge on any atom is 0.107 e. The Bertz CT molecular complexity index is 891. The largest absolute Gasteiger partial charge is 0.330 e. The number of hydrogen-bond acceptors (Lipinski definition) is 5. The second kappa shape index (κ2) is 5.34. The van der Waals surface area contributed by atoms with Crippen molar-refractivity contribution in [3.8, 4) is 11.3 Å². The number of aromatic nitrogens is 5. The fourth-order valence-corrected chi connectivity index (χ4v) is 3.57. The summed E-state index contributed by atoms with van der Waals surface area (Å²) in [5.41, 5.74) is 10.8. The predicted octanol–water partition coefficient (Wildman–Crippen LogP) is 2.68. The Morgan fingerprint density at radius 3 is 2.62 bits per heavy atom. The fraction of sp³-hybridized carbons (Fsp3) is 0.444. The molecule has 3 heterocycles. The molecule has 3 aromatic heterocycles. The zero-order valence-corrected chi connectivity index (χ0v) is 13.5. The molecule has 2 N–H and O–H groups in total. The number of rotatable bonds is 4. The summed E-state index contributed by atoms with van der Waals surface area (Å²) >= 11 is 0. The van der Waals surface area contributed by atoms with Gasteiger partial charge in [0.25, 0.3) is 0 Å². The van der Waals surface area contributed by atoms with Gasteiger partial charge >= 0.3 is 0 Å². The lowest BCUT2D eigenvalue weighted by atomic mass is 9.80. The van der Waals surface area contributed by atoms with Gasteiger partial charge in [-0.1, -0.05) is 0 Å². The number of hydrogen-bond donors (Lipinski definition) is 1. The molecule has 2 fully saturated rings. The minimum absolute atomic E-state index is 0.491. The monoisotopic (exact) mass is 320 g/mol. The molecule has 5 rings (SSSR count). The molecule has 2 saturated carbocycles. The van der Waals surface area contributed by atoms with Gasteiger partial charge in [0.15, 0.2) is 0 Å². The van der Waals surface area contributed by atoms with Crippen molar-refractivity contribution in [2.75, 3.05) is 6.54 Å². The third kappa shape index (κ3) is 2.29. The summed E-state index contributed by atoms with van der Waals surface area (Å²) < 4.78 is 2.15. The van der Waals surface area contributed by atoms with Crippen molar-refractivity contribution in [2.45, 2.75) is 37.6 Å². The Labute approximate surface area is 140 Å². The van der Waals surface area contributed by atoms with Crippen LogP contribution in [-0.2, 0) is 0 Å². The first kappa shape index (κ1) is 14.0. The van der Waals surface area contributed by atoms with Crippen molar-refractivity contribution in [1.82, 2.24) is 24.7 Å². The molecule has 0 unspecified atom stereocenters. The third-order valence-corrected chi connectivity index (χ3v) is 5.27. The molecule has 0 spiro atoms. The molecule has 6 heteroatoms. The van der Waals surface area contributed by atoms with Crippen LogP contribution in [0.4, 0.5) is 0 Å². The molecule has 0 aliphatic heterocycles. The van der Waals surface area contributed by atoms with E-state index in [0.29, 0.717) is 17.9 Å². The van der Waals surface area contributed by atoms with Gasteiger partial charge in [-0.05, 0) is 44.2 Å². The van der Waals surface area contributed by atoms with Crippen LogP contribution >= 0.6 is 0 Å². The van der Waals surface area contributed by atoms with Crippen LogP contribution in [0.15, 0.2) is 30.9 Å². The Balaban J connectivity index is 1.54. The van der Waals surface area contributed by atoms with Crippen molar-refractivity contribution in [3.63, 3.8) is 0 Å². The highest BCUT2D eigenvalue weighted by atomic mass is 15.3. The normalized spacial score (nSPS) is 23.4. The molecule has 122 valence electrons. The van der Waals surface area contributed by atoms with Gasteiger partial charge in [0.05, 0.1) is 29.1 Å². The van der Waals surface area contributed by atoms with Crippen LogP contribution in [0.3, 0.4) is 0 Å². The van der Waals surface area contributed by atoms with E-state index in [1.54, 1.807) is 18.6 Å². The van der Waals surface area contributed by atoms with Crippen molar-refractivity contribution >= 4 is 11.0 Å². The maximum absolute atomic E-state index is 5.76. The lowest BCUT2D eigenvalue weighted by Crippen LogP contribution is -2.32. The lowest BCUT2D eigenvalue weighted by molar-refractivity contribution is 0.189. The molecule has 24 heavy (non-hydrogen) atoms. The Kier molecular flexibility index (Phi) is 3.13. The van der Waals surface area contributed by atoms with Crippen LogP contribution in [0.25, 0.3) is 22.3 Å². The number of nitrogens with zero attached hydrogens (tertiary/aromatic N) is 5. The minimum Gasteiger partial charge on any atom is -0.330 e. The Morgan fingerprint density at radius 1 is 1.08 bits per heavy atom. The van der Waals surface area contributed by atoms with E-state index in [-0.39, 0.29) is 0 Å².